The lowest BCUT2D eigenvalue weighted by Crippen LogP contribution is -2.55. The molecule has 0 bridgehead atoms. The highest BCUT2D eigenvalue weighted by Gasteiger charge is 2.64. The van der Waals surface area contributed by atoms with Crippen molar-refractivity contribution in [1.29, 1.82) is 0 Å². The molecule has 8 aromatic carbocycles. The van der Waals surface area contributed by atoms with Crippen LogP contribution in [0.1, 0.15) is 239 Å². The Morgan fingerprint density at radius 2 is 0.673 bits per heavy atom. The second kappa shape index (κ2) is 31.8. The van der Waals surface area contributed by atoms with Crippen molar-refractivity contribution in [1.82, 2.24) is 0 Å². The average Bonchev–Trinajstić information content (AvgIpc) is 1.34. The highest BCUT2D eigenvalue weighted by atomic mass is 16.5. The van der Waals surface area contributed by atoms with Gasteiger partial charge in [0.15, 0.2) is 0 Å². The fourth-order valence-corrected chi connectivity index (χ4v) is 26.0. The molecule has 110 heavy (non-hydrogen) atoms. The highest BCUT2D eigenvalue weighted by molar-refractivity contribution is 5.53. The van der Waals surface area contributed by atoms with E-state index in [1.54, 1.807) is 0 Å². The van der Waals surface area contributed by atoms with Crippen LogP contribution in [0, 0.1) is 98.6 Å². The van der Waals surface area contributed by atoms with Gasteiger partial charge in [0, 0.05) is 57.8 Å². The van der Waals surface area contributed by atoms with Gasteiger partial charge >= 0.3 is 0 Å². The Hall–Kier alpha value is -8.10. The number of rotatable bonds is 21. The Labute approximate surface area is 661 Å². The number of hydrogen-bond donors (Lipinski definition) is 4. The number of nitrogens with two attached hydrogens (primary N) is 4. The Kier molecular flexibility index (Phi) is 22.3. The number of fused-ring (bicyclic) bond motifs is 10. The second-order valence-electron chi connectivity index (χ2n) is 38.3. The van der Waals surface area contributed by atoms with E-state index in [1.807, 2.05) is 97.1 Å². The van der Waals surface area contributed by atoms with E-state index in [0.717, 1.165) is 137 Å². The van der Waals surface area contributed by atoms with E-state index in [1.165, 1.54) is 150 Å². The van der Waals surface area contributed by atoms with Gasteiger partial charge in [0.25, 0.3) is 0 Å². The molecular weight excluding hydrogens is 1350 g/mol. The molecule has 8 aliphatic carbocycles. The molecule has 0 aliphatic heterocycles. The Balaban J connectivity index is 0.000000175. The third kappa shape index (κ3) is 15.4. The van der Waals surface area contributed by atoms with Crippen molar-refractivity contribution in [2.75, 3.05) is 22.9 Å². The van der Waals surface area contributed by atoms with Gasteiger partial charge < -0.3 is 41.9 Å². The van der Waals surface area contributed by atoms with E-state index in [-0.39, 0.29) is 10.8 Å². The summed E-state index contributed by atoms with van der Waals surface area (Å²) in [6.07, 6.45) is 33.1. The summed E-state index contributed by atoms with van der Waals surface area (Å²) in [5.74, 6) is 17.2. The van der Waals surface area contributed by atoms with Gasteiger partial charge in [-0.1, -0.05) is 159 Å². The van der Waals surface area contributed by atoms with Crippen molar-refractivity contribution in [3.05, 3.63) is 228 Å². The van der Waals surface area contributed by atoms with Gasteiger partial charge in [-0.3, -0.25) is 0 Å². The molecule has 0 saturated heterocycles. The monoisotopic (exact) mass is 1480 g/mol. The van der Waals surface area contributed by atoms with Gasteiger partial charge in [-0.05, 0) is 360 Å². The summed E-state index contributed by atoms with van der Waals surface area (Å²) in [6.45, 7) is 25.3. The van der Waals surface area contributed by atoms with Gasteiger partial charge in [0.05, 0.1) is 0 Å². The van der Waals surface area contributed by atoms with Crippen LogP contribution in [0.5, 0.6) is 46.0 Å². The highest BCUT2D eigenvalue weighted by Crippen LogP contribution is 2.73. The molecule has 8 aromatic rings. The normalized spacial score (nSPS) is 30.1. The molecular formula is C102H130N4O4. The van der Waals surface area contributed by atoms with Crippen LogP contribution in [-0.4, -0.2) is 0 Å². The summed E-state index contributed by atoms with van der Waals surface area (Å²) in [6, 6.07) is 66.5. The summed E-state index contributed by atoms with van der Waals surface area (Å²) < 4.78 is 25.9. The van der Waals surface area contributed by atoms with E-state index in [4.69, 9.17) is 41.9 Å². The maximum absolute atomic E-state index is 6.47. The van der Waals surface area contributed by atoms with Crippen LogP contribution in [0.3, 0.4) is 0 Å². The minimum Gasteiger partial charge on any atom is -0.457 e. The summed E-state index contributed by atoms with van der Waals surface area (Å²) in [5, 5.41) is 0. The molecule has 8 heteroatoms. The Morgan fingerprint density at radius 1 is 0.355 bits per heavy atom. The van der Waals surface area contributed by atoms with Crippen molar-refractivity contribution in [2.45, 2.75) is 228 Å². The third-order valence-corrected chi connectivity index (χ3v) is 31.6. The van der Waals surface area contributed by atoms with Crippen molar-refractivity contribution in [3.8, 4) is 46.0 Å². The molecule has 0 radical (unpaired) electrons. The standard InChI is InChI=1S/C51H66N2O2.C51H64N2O2/c2*1-34(2)11-6-12-35(3)46-23-24-47-45-22-21-38-33-51(28-27-49(38,4)48(45)25-26-50(46,47)5,36-13-7-17-41(29-36)54-43-19-9-15-39(52)31-43)37-14-8-18-42(30-37)55-44-20-10-16-40(53)32-44/h7-10,13-20,29-32,34-35,38,45-48H,6,11-12,21-28,33,52-53H2,1-5H3;7-11,13-20,29-32,35,38,45-48H,6,12,21-28,33,52-53H2,1-5H3. The molecule has 16 unspecified atom stereocenters. The van der Waals surface area contributed by atoms with Crippen molar-refractivity contribution in [2.24, 2.45) is 98.6 Å². The van der Waals surface area contributed by atoms with Gasteiger partial charge in [-0.25, -0.2) is 0 Å². The topological polar surface area (TPSA) is 141 Å². The first kappa shape index (κ1) is 77.2. The van der Waals surface area contributed by atoms with Gasteiger partial charge in [0.2, 0.25) is 0 Å². The van der Waals surface area contributed by atoms with Gasteiger partial charge in [0.1, 0.15) is 46.0 Å². The number of allylic oxidation sites excluding steroid dienone is 2. The zero-order valence-corrected chi connectivity index (χ0v) is 68.3. The van der Waals surface area contributed by atoms with Crippen LogP contribution in [-0.2, 0) is 10.8 Å². The third-order valence-electron chi connectivity index (χ3n) is 31.6. The van der Waals surface area contributed by atoms with Gasteiger partial charge in [-0.2, -0.15) is 0 Å². The minimum absolute atomic E-state index is 0.158. The maximum Gasteiger partial charge on any atom is 0.129 e. The summed E-state index contributed by atoms with van der Waals surface area (Å²) in [4.78, 5) is 0. The lowest BCUT2D eigenvalue weighted by Gasteiger charge is -2.63. The van der Waals surface area contributed by atoms with E-state index < -0.39 is 0 Å². The average molecular weight is 1480 g/mol. The van der Waals surface area contributed by atoms with Crippen molar-refractivity contribution in [3.63, 3.8) is 0 Å². The number of hydrogen-bond acceptors (Lipinski definition) is 8. The second-order valence-corrected chi connectivity index (χ2v) is 38.3. The van der Waals surface area contributed by atoms with Crippen molar-refractivity contribution >= 4 is 22.7 Å². The number of benzene rings is 8. The quantitative estimate of drug-likeness (QED) is 0.0412. The summed E-state index contributed by atoms with van der Waals surface area (Å²) in [5.41, 5.74) is 35.6. The smallest absolute Gasteiger partial charge is 0.129 e. The summed E-state index contributed by atoms with van der Waals surface area (Å²) in [7, 11) is 0. The number of ether oxygens (including phenoxy) is 4. The largest absolute Gasteiger partial charge is 0.457 e. The Bertz CT molecular complexity index is 4350. The van der Waals surface area contributed by atoms with E-state index in [9.17, 15) is 0 Å². The summed E-state index contributed by atoms with van der Waals surface area (Å²) >= 11 is 0. The lowest BCUT2D eigenvalue weighted by atomic mass is 9.42. The van der Waals surface area contributed by atoms with Gasteiger partial charge in [-0.15, -0.1) is 0 Å². The van der Waals surface area contributed by atoms with E-state index in [0.29, 0.717) is 56.2 Å². The lowest BCUT2D eigenvalue weighted by molar-refractivity contribution is -0.122. The molecule has 8 N–H and O–H groups in total. The number of anilines is 4. The van der Waals surface area contributed by atoms with Crippen LogP contribution < -0.4 is 41.9 Å². The van der Waals surface area contributed by atoms with Crippen LogP contribution in [0.4, 0.5) is 22.7 Å². The fourth-order valence-electron chi connectivity index (χ4n) is 26.0. The fraction of sp³-hybridized carbons (Fsp3) is 0.510. The first-order valence-corrected chi connectivity index (χ1v) is 43.1. The zero-order chi connectivity index (χ0) is 76.7. The molecule has 16 rings (SSSR count). The van der Waals surface area contributed by atoms with E-state index in [2.05, 4.69) is 172 Å². The zero-order valence-electron chi connectivity index (χ0n) is 68.3. The maximum atomic E-state index is 6.47. The van der Waals surface area contributed by atoms with E-state index >= 15 is 0 Å². The molecule has 8 nitrogen and oxygen atoms in total. The minimum atomic E-state index is -0.163. The predicted molar refractivity (Wildman–Crippen MR) is 457 cm³/mol. The molecule has 8 aliphatic rings. The predicted octanol–water partition coefficient (Wildman–Crippen LogP) is 27.6. The molecule has 8 fully saturated rings. The molecule has 16 atom stereocenters. The Morgan fingerprint density at radius 3 is 1.00 bits per heavy atom. The first-order valence-electron chi connectivity index (χ1n) is 43.1. The molecule has 0 amide bonds. The molecule has 0 aromatic heterocycles. The molecule has 0 heterocycles. The van der Waals surface area contributed by atoms with Crippen LogP contribution >= 0.6 is 0 Å². The van der Waals surface area contributed by atoms with Crippen LogP contribution in [0.2, 0.25) is 0 Å². The molecule has 8 saturated carbocycles. The SMILES string of the molecule is CC(C)=CCCC(C)C1CCC2C3CCC4CC(c5cccc(Oc6cccc(N)c6)c5)(c5cccc(Oc6cccc(N)c6)c5)CCC4(C)C3CCC12C.CC(C)CCCC(C)C1CCC2C3CCC4CC(c5cccc(Oc6cccc(N)c6)c5)(c5cccc(Oc6cccc(N)c6)c5)CCC4(C)C3CCC12C. The van der Waals surface area contributed by atoms with Crippen LogP contribution in [0.25, 0.3) is 0 Å². The number of nitrogen functional groups attached to an aromatic ring is 4. The first-order chi connectivity index (χ1) is 52.9. The molecule has 582 valence electrons. The van der Waals surface area contributed by atoms with Crippen LogP contribution in [0.15, 0.2) is 206 Å². The molecule has 0 spiro atoms. The van der Waals surface area contributed by atoms with Crippen molar-refractivity contribution < 1.29 is 18.9 Å².